The first kappa shape index (κ1) is 19.1. The minimum atomic E-state index is -1.17. The van der Waals surface area contributed by atoms with E-state index in [4.69, 9.17) is 13.9 Å². The van der Waals surface area contributed by atoms with E-state index >= 15 is 0 Å². The van der Waals surface area contributed by atoms with Gasteiger partial charge in [0.15, 0.2) is 0 Å². The SMILES string of the molecule is CCOC(=O)[C@@H]1Oc2c(c(=O)oc3ccccc23)[C@@H]1c1cc2ccccc2n(C)c1=O. The number of para-hydroxylation sites is 2. The van der Waals surface area contributed by atoms with Gasteiger partial charge in [0.25, 0.3) is 5.56 Å². The van der Waals surface area contributed by atoms with Crippen LogP contribution in [0, 0.1) is 0 Å². The lowest BCUT2D eigenvalue weighted by molar-refractivity contribution is -0.151. The number of hydrogen-bond donors (Lipinski definition) is 0. The highest BCUT2D eigenvalue weighted by Crippen LogP contribution is 2.44. The number of aromatic nitrogens is 1. The fourth-order valence-corrected chi connectivity index (χ4v) is 4.27. The van der Waals surface area contributed by atoms with E-state index in [-0.39, 0.29) is 29.0 Å². The third-order valence-electron chi connectivity index (χ3n) is 5.67. The van der Waals surface area contributed by atoms with Crippen LogP contribution in [0.4, 0.5) is 0 Å². The lowest BCUT2D eigenvalue weighted by atomic mass is 9.88. The monoisotopic (exact) mass is 417 g/mol. The van der Waals surface area contributed by atoms with Gasteiger partial charge in [-0.25, -0.2) is 9.59 Å². The van der Waals surface area contributed by atoms with Crippen LogP contribution in [0.3, 0.4) is 0 Å². The minimum Gasteiger partial charge on any atom is -0.476 e. The number of aryl methyl sites for hydroxylation is 1. The molecular weight excluding hydrogens is 398 g/mol. The number of rotatable bonds is 3. The lowest BCUT2D eigenvalue weighted by Gasteiger charge is -2.18. The van der Waals surface area contributed by atoms with Crippen molar-refractivity contribution in [2.45, 2.75) is 18.9 Å². The van der Waals surface area contributed by atoms with E-state index in [0.29, 0.717) is 11.0 Å². The molecule has 3 heterocycles. The molecule has 1 aliphatic heterocycles. The zero-order chi connectivity index (χ0) is 21.7. The first-order valence-corrected chi connectivity index (χ1v) is 9.99. The van der Waals surface area contributed by atoms with Crippen LogP contribution in [0.1, 0.15) is 24.0 Å². The van der Waals surface area contributed by atoms with Gasteiger partial charge < -0.3 is 18.5 Å². The third-order valence-corrected chi connectivity index (χ3v) is 5.67. The highest BCUT2D eigenvalue weighted by Gasteiger charge is 2.46. The van der Waals surface area contributed by atoms with E-state index < -0.39 is 23.6 Å². The molecule has 0 N–H and O–H groups in total. The van der Waals surface area contributed by atoms with Gasteiger partial charge >= 0.3 is 11.6 Å². The van der Waals surface area contributed by atoms with Gasteiger partial charge in [-0.2, -0.15) is 0 Å². The van der Waals surface area contributed by atoms with E-state index in [1.54, 1.807) is 44.3 Å². The van der Waals surface area contributed by atoms with Crippen molar-refractivity contribution >= 4 is 27.8 Å². The molecule has 0 spiro atoms. The van der Waals surface area contributed by atoms with E-state index in [1.165, 1.54) is 4.57 Å². The molecule has 7 heteroatoms. The Labute approximate surface area is 176 Å². The summed E-state index contributed by atoms with van der Waals surface area (Å²) in [5.74, 6) is -1.33. The van der Waals surface area contributed by atoms with Crippen LogP contribution >= 0.6 is 0 Å². The molecule has 156 valence electrons. The molecule has 0 saturated heterocycles. The second kappa shape index (κ2) is 7.12. The summed E-state index contributed by atoms with van der Waals surface area (Å²) < 4.78 is 18.2. The molecule has 0 saturated carbocycles. The first-order valence-electron chi connectivity index (χ1n) is 9.99. The van der Waals surface area contributed by atoms with Crippen LogP contribution in [-0.4, -0.2) is 23.2 Å². The van der Waals surface area contributed by atoms with Crippen molar-refractivity contribution in [2.24, 2.45) is 7.05 Å². The predicted octanol–water partition coefficient (Wildman–Crippen LogP) is 3.10. The summed E-state index contributed by atoms with van der Waals surface area (Å²) in [6, 6.07) is 16.1. The van der Waals surface area contributed by atoms with Gasteiger partial charge in [0, 0.05) is 12.6 Å². The molecule has 2 aromatic carbocycles. The van der Waals surface area contributed by atoms with Gasteiger partial charge in [0.05, 0.1) is 29.0 Å². The molecule has 0 radical (unpaired) electrons. The maximum absolute atomic E-state index is 13.3. The summed E-state index contributed by atoms with van der Waals surface area (Å²) in [6.45, 7) is 1.83. The van der Waals surface area contributed by atoms with Gasteiger partial charge in [-0.3, -0.25) is 4.79 Å². The second-order valence-corrected chi connectivity index (χ2v) is 7.42. The Morgan fingerprint density at radius 2 is 1.84 bits per heavy atom. The highest BCUT2D eigenvalue weighted by atomic mass is 16.6. The van der Waals surface area contributed by atoms with Crippen molar-refractivity contribution in [1.82, 2.24) is 4.57 Å². The van der Waals surface area contributed by atoms with Gasteiger partial charge in [-0.15, -0.1) is 0 Å². The molecule has 0 unspecified atom stereocenters. The van der Waals surface area contributed by atoms with Crippen molar-refractivity contribution in [3.05, 3.63) is 86.5 Å². The van der Waals surface area contributed by atoms with Crippen LogP contribution in [0.2, 0.25) is 0 Å². The second-order valence-electron chi connectivity index (χ2n) is 7.42. The average molecular weight is 417 g/mol. The molecule has 31 heavy (non-hydrogen) atoms. The van der Waals surface area contributed by atoms with Crippen molar-refractivity contribution in [1.29, 1.82) is 0 Å². The number of carbonyl (C=O) groups excluding carboxylic acids is 1. The number of pyridine rings is 1. The van der Waals surface area contributed by atoms with Gasteiger partial charge in [-0.05, 0) is 36.6 Å². The van der Waals surface area contributed by atoms with Crippen LogP contribution < -0.4 is 15.9 Å². The summed E-state index contributed by atoms with van der Waals surface area (Å²) in [4.78, 5) is 39.1. The lowest BCUT2D eigenvalue weighted by Crippen LogP contribution is -2.36. The Bertz CT molecular complexity index is 1460. The maximum Gasteiger partial charge on any atom is 0.348 e. The van der Waals surface area contributed by atoms with Gasteiger partial charge in [0.2, 0.25) is 6.10 Å². The van der Waals surface area contributed by atoms with E-state index in [9.17, 15) is 14.4 Å². The third kappa shape index (κ3) is 2.84. The molecule has 5 rings (SSSR count). The number of carbonyl (C=O) groups is 1. The molecule has 0 fully saturated rings. The maximum atomic E-state index is 13.3. The van der Waals surface area contributed by atoms with Crippen LogP contribution in [-0.2, 0) is 16.6 Å². The molecule has 0 bridgehead atoms. The summed E-state index contributed by atoms with van der Waals surface area (Å²) >= 11 is 0. The number of nitrogens with zero attached hydrogens (tertiary/aromatic N) is 1. The summed E-state index contributed by atoms with van der Waals surface area (Å²) in [5.41, 5.74) is 0.571. The molecule has 7 nitrogen and oxygen atoms in total. The zero-order valence-electron chi connectivity index (χ0n) is 17.0. The Hall–Kier alpha value is -3.87. The molecule has 4 aromatic rings. The van der Waals surface area contributed by atoms with Crippen molar-refractivity contribution < 1.29 is 18.7 Å². The van der Waals surface area contributed by atoms with E-state index in [0.717, 1.165) is 10.9 Å². The molecule has 1 aliphatic rings. The van der Waals surface area contributed by atoms with Gasteiger partial charge in [0.1, 0.15) is 11.3 Å². The largest absolute Gasteiger partial charge is 0.476 e. The first-order chi connectivity index (χ1) is 15.0. The Kier molecular flexibility index (Phi) is 4.39. The molecule has 2 aromatic heterocycles. The molecule has 0 aliphatic carbocycles. The number of esters is 1. The number of fused-ring (bicyclic) bond motifs is 4. The summed E-state index contributed by atoms with van der Waals surface area (Å²) in [5, 5.41) is 1.37. The fourth-order valence-electron chi connectivity index (χ4n) is 4.27. The Morgan fingerprint density at radius 3 is 2.65 bits per heavy atom. The highest BCUT2D eigenvalue weighted by molar-refractivity contribution is 5.89. The predicted molar refractivity (Wildman–Crippen MR) is 115 cm³/mol. The smallest absolute Gasteiger partial charge is 0.348 e. The zero-order valence-corrected chi connectivity index (χ0v) is 17.0. The van der Waals surface area contributed by atoms with Crippen molar-refractivity contribution in [2.75, 3.05) is 6.61 Å². The van der Waals surface area contributed by atoms with Crippen molar-refractivity contribution in [3.8, 4) is 5.75 Å². The Morgan fingerprint density at radius 1 is 1.10 bits per heavy atom. The summed E-state index contributed by atoms with van der Waals surface area (Å²) in [7, 11) is 1.66. The number of hydrogen-bond acceptors (Lipinski definition) is 6. The van der Waals surface area contributed by atoms with Crippen LogP contribution in [0.25, 0.3) is 21.9 Å². The van der Waals surface area contributed by atoms with E-state index in [1.807, 2.05) is 24.3 Å². The number of ether oxygens (including phenoxy) is 2. The molecule has 0 amide bonds. The van der Waals surface area contributed by atoms with Crippen molar-refractivity contribution in [3.63, 3.8) is 0 Å². The Balaban J connectivity index is 1.83. The van der Waals surface area contributed by atoms with E-state index in [2.05, 4.69) is 0 Å². The molecule has 2 atom stereocenters. The number of benzene rings is 2. The molecular formula is C24H19NO6. The average Bonchev–Trinajstić information content (AvgIpc) is 3.18. The van der Waals surface area contributed by atoms with Gasteiger partial charge in [-0.1, -0.05) is 30.3 Å². The summed E-state index contributed by atoms with van der Waals surface area (Å²) in [6.07, 6.45) is -1.17. The van der Waals surface area contributed by atoms with Crippen LogP contribution in [0.15, 0.2) is 68.6 Å². The quantitative estimate of drug-likeness (QED) is 0.376. The topological polar surface area (TPSA) is 87.7 Å². The normalized spacial score (nSPS) is 17.5. The minimum absolute atomic E-state index is 0.146. The van der Waals surface area contributed by atoms with Crippen LogP contribution in [0.5, 0.6) is 5.75 Å². The standard InChI is InChI=1S/C24H19NO6/c1-3-29-24(28)21-18(15-12-13-8-4-6-10-16(13)25(2)22(15)26)19-20(31-21)14-9-5-7-11-17(14)30-23(19)27/h4-12,18,21H,3H2,1-2H3/t18-,21+/m0/s1. The fraction of sp³-hybridized carbons (Fsp3) is 0.208.